The molecule has 1 rings (SSSR count). The van der Waals surface area contributed by atoms with E-state index in [1.165, 1.54) is 0 Å². The summed E-state index contributed by atoms with van der Waals surface area (Å²) in [4.78, 5) is 22.1. The first kappa shape index (κ1) is 15.1. The summed E-state index contributed by atoms with van der Waals surface area (Å²) in [5.74, 6) is -1.08. The van der Waals surface area contributed by atoms with Crippen molar-refractivity contribution >= 4 is 17.8 Å². The van der Waals surface area contributed by atoms with Crippen LogP contribution >= 0.6 is 0 Å². The summed E-state index contributed by atoms with van der Waals surface area (Å²) in [5, 5.41) is 11.6. The zero-order chi connectivity index (χ0) is 14.1. The molecule has 0 unspecified atom stereocenters. The van der Waals surface area contributed by atoms with Crippen molar-refractivity contribution in [3.8, 4) is 0 Å². The van der Waals surface area contributed by atoms with Crippen LogP contribution in [0.4, 0.5) is 0 Å². The van der Waals surface area contributed by atoms with E-state index in [1.54, 1.807) is 12.1 Å². The molecule has 0 bridgehead atoms. The SMILES string of the molecule is CNCCC=Cc1ccc(C(=O)CCC(=O)O)cc1. The van der Waals surface area contributed by atoms with Crippen LogP contribution in [0.1, 0.15) is 35.2 Å². The van der Waals surface area contributed by atoms with E-state index >= 15 is 0 Å². The fourth-order valence-corrected chi connectivity index (χ4v) is 1.59. The Hall–Kier alpha value is -1.94. The average molecular weight is 261 g/mol. The molecule has 0 heterocycles. The molecule has 2 N–H and O–H groups in total. The molecule has 0 radical (unpaired) electrons. The molecule has 0 aliphatic carbocycles. The van der Waals surface area contributed by atoms with Gasteiger partial charge in [0.1, 0.15) is 0 Å². The van der Waals surface area contributed by atoms with E-state index in [0.717, 1.165) is 18.5 Å². The van der Waals surface area contributed by atoms with Gasteiger partial charge in [-0.2, -0.15) is 0 Å². The van der Waals surface area contributed by atoms with E-state index in [4.69, 9.17) is 5.11 Å². The van der Waals surface area contributed by atoms with Crippen molar-refractivity contribution in [2.24, 2.45) is 0 Å². The van der Waals surface area contributed by atoms with Crippen LogP contribution in [0.15, 0.2) is 30.3 Å². The standard InChI is InChI=1S/C15H19NO3/c1-16-11-3-2-4-12-5-7-13(8-6-12)14(17)9-10-15(18)19/h2,4-8,16H,3,9-11H2,1H3,(H,18,19). The smallest absolute Gasteiger partial charge is 0.303 e. The third kappa shape index (κ3) is 5.97. The number of carbonyl (C=O) groups excluding carboxylic acids is 1. The normalized spacial score (nSPS) is 10.8. The lowest BCUT2D eigenvalue weighted by Crippen LogP contribution is -2.05. The van der Waals surface area contributed by atoms with Crippen molar-refractivity contribution in [1.82, 2.24) is 5.32 Å². The van der Waals surface area contributed by atoms with Crippen LogP contribution in [0.25, 0.3) is 6.08 Å². The third-order valence-corrected chi connectivity index (χ3v) is 2.67. The first-order valence-corrected chi connectivity index (χ1v) is 6.29. The van der Waals surface area contributed by atoms with Gasteiger partial charge in [-0.3, -0.25) is 9.59 Å². The number of carbonyl (C=O) groups is 2. The molecular weight excluding hydrogens is 242 g/mol. The fourth-order valence-electron chi connectivity index (χ4n) is 1.59. The van der Waals surface area contributed by atoms with E-state index in [-0.39, 0.29) is 18.6 Å². The number of benzene rings is 1. The minimum Gasteiger partial charge on any atom is -0.481 e. The maximum absolute atomic E-state index is 11.7. The Labute approximate surface area is 113 Å². The summed E-state index contributed by atoms with van der Waals surface area (Å²) >= 11 is 0. The number of aliphatic carboxylic acids is 1. The molecule has 4 nitrogen and oxygen atoms in total. The zero-order valence-electron chi connectivity index (χ0n) is 11.1. The number of rotatable bonds is 8. The van der Waals surface area contributed by atoms with Crippen molar-refractivity contribution in [2.75, 3.05) is 13.6 Å². The molecule has 0 amide bonds. The van der Waals surface area contributed by atoms with Gasteiger partial charge in [0.05, 0.1) is 6.42 Å². The molecule has 19 heavy (non-hydrogen) atoms. The number of Topliss-reactive ketones (excluding diaryl/α,β-unsaturated/α-hetero) is 1. The van der Waals surface area contributed by atoms with Crippen LogP contribution in [0.5, 0.6) is 0 Å². The summed E-state index contributed by atoms with van der Waals surface area (Å²) in [6, 6.07) is 7.21. The van der Waals surface area contributed by atoms with Crippen molar-refractivity contribution in [1.29, 1.82) is 0 Å². The van der Waals surface area contributed by atoms with Crippen molar-refractivity contribution in [3.05, 3.63) is 41.5 Å². The van der Waals surface area contributed by atoms with Gasteiger partial charge in [0, 0.05) is 12.0 Å². The summed E-state index contributed by atoms with van der Waals surface area (Å²) in [6.45, 7) is 0.933. The fraction of sp³-hybridized carbons (Fsp3) is 0.333. The van der Waals surface area contributed by atoms with E-state index in [2.05, 4.69) is 11.4 Å². The highest BCUT2D eigenvalue weighted by Gasteiger charge is 2.07. The van der Waals surface area contributed by atoms with Crippen LogP contribution in [-0.4, -0.2) is 30.5 Å². The Morgan fingerprint density at radius 3 is 2.47 bits per heavy atom. The summed E-state index contributed by atoms with van der Waals surface area (Å²) in [7, 11) is 1.91. The number of ketones is 1. The molecule has 0 saturated heterocycles. The second kappa shape index (κ2) is 8.21. The van der Waals surface area contributed by atoms with Gasteiger partial charge in [-0.15, -0.1) is 0 Å². The van der Waals surface area contributed by atoms with Gasteiger partial charge >= 0.3 is 5.97 Å². The lowest BCUT2D eigenvalue weighted by atomic mass is 10.0. The minimum absolute atomic E-state index is 0.0483. The number of hydrogen-bond acceptors (Lipinski definition) is 3. The Kier molecular flexibility index (Phi) is 6.53. The Balaban J connectivity index is 2.53. The molecular formula is C15H19NO3. The van der Waals surface area contributed by atoms with E-state index in [9.17, 15) is 9.59 Å². The predicted octanol–water partition coefficient (Wildman–Crippen LogP) is 2.36. The lowest BCUT2D eigenvalue weighted by molar-refractivity contribution is -0.136. The monoisotopic (exact) mass is 261 g/mol. The number of hydrogen-bond donors (Lipinski definition) is 2. The Morgan fingerprint density at radius 2 is 1.89 bits per heavy atom. The molecule has 0 atom stereocenters. The molecule has 0 aliphatic rings. The first-order valence-electron chi connectivity index (χ1n) is 6.29. The molecule has 0 aromatic heterocycles. The first-order chi connectivity index (χ1) is 9.13. The number of carboxylic acid groups (broad SMARTS) is 1. The van der Waals surface area contributed by atoms with Gasteiger partial charge in [0.15, 0.2) is 5.78 Å². The highest BCUT2D eigenvalue weighted by atomic mass is 16.4. The van der Waals surface area contributed by atoms with Gasteiger partial charge in [-0.05, 0) is 25.6 Å². The molecule has 4 heteroatoms. The highest BCUT2D eigenvalue weighted by Crippen LogP contribution is 2.09. The number of carboxylic acids is 1. The summed E-state index contributed by atoms with van der Waals surface area (Å²) in [6.07, 6.45) is 4.95. The Morgan fingerprint density at radius 1 is 1.21 bits per heavy atom. The van der Waals surface area contributed by atoms with Crippen LogP contribution in [-0.2, 0) is 4.79 Å². The minimum atomic E-state index is -0.947. The zero-order valence-corrected chi connectivity index (χ0v) is 11.1. The quantitative estimate of drug-likeness (QED) is 0.557. The molecule has 1 aromatic rings. The van der Waals surface area contributed by atoms with Crippen molar-refractivity contribution in [2.45, 2.75) is 19.3 Å². The van der Waals surface area contributed by atoms with Crippen LogP contribution < -0.4 is 5.32 Å². The van der Waals surface area contributed by atoms with E-state index < -0.39 is 5.97 Å². The molecule has 0 aliphatic heterocycles. The lowest BCUT2D eigenvalue weighted by Gasteiger charge is -2.00. The van der Waals surface area contributed by atoms with Gasteiger partial charge in [0.25, 0.3) is 0 Å². The largest absolute Gasteiger partial charge is 0.481 e. The van der Waals surface area contributed by atoms with Gasteiger partial charge in [0.2, 0.25) is 0 Å². The van der Waals surface area contributed by atoms with E-state index in [0.29, 0.717) is 5.56 Å². The average Bonchev–Trinajstić information content (AvgIpc) is 2.41. The highest BCUT2D eigenvalue weighted by molar-refractivity contribution is 5.97. The summed E-state index contributed by atoms with van der Waals surface area (Å²) < 4.78 is 0. The molecule has 0 spiro atoms. The third-order valence-electron chi connectivity index (χ3n) is 2.67. The predicted molar refractivity (Wildman–Crippen MR) is 75.2 cm³/mol. The van der Waals surface area contributed by atoms with Crippen molar-refractivity contribution < 1.29 is 14.7 Å². The molecule has 102 valence electrons. The second-order valence-corrected chi connectivity index (χ2v) is 4.23. The maximum atomic E-state index is 11.7. The molecule has 0 saturated carbocycles. The van der Waals surface area contributed by atoms with Crippen LogP contribution in [0, 0.1) is 0 Å². The topological polar surface area (TPSA) is 66.4 Å². The van der Waals surface area contributed by atoms with Gasteiger partial charge in [-0.25, -0.2) is 0 Å². The maximum Gasteiger partial charge on any atom is 0.303 e. The molecule has 1 aromatic carbocycles. The van der Waals surface area contributed by atoms with Gasteiger partial charge in [-0.1, -0.05) is 36.4 Å². The second-order valence-electron chi connectivity index (χ2n) is 4.23. The van der Waals surface area contributed by atoms with Crippen molar-refractivity contribution in [3.63, 3.8) is 0 Å². The Bertz CT molecular complexity index is 449. The molecule has 0 fully saturated rings. The summed E-state index contributed by atoms with van der Waals surface area (Å²) in [5.41, 5.74) is 1.60. The van der Waals surface area contributed by atoms with Gasteiger partial charge < -0.3 is 10.4 Å². The number of nitrogens with one attached hydrogen (secondary N) is 1. The van der Waals surface area contributed by atoms with E-state index in [1.807, 2.05) is 25.3 Å². The van der Waals surface area contributed by atoms with Crippen LogP contribution in [0.2, 0.25) is 0 Å². The van der Waals surface area contributed by atoms with Crippen LogP contribution in [0.3, 0.4) is 0 Å².